The van der Waals surface area contributed by atoms with E-state index in [1.165, 1.54) is 0 Å². The molecule has 1 fully saturated rings. The van der Waals surface area contributed by atoms with Gasteiger partial charge in [0.15, 0.2) is 0 Å². The van der Waals surface area contributed by atoms with Crippen molar-refractivity contribution < 1.29 is 9.90 Å². The van der Waals surface area contributed by atoms with Gasteiger partial charge in [0.2, 0.25) is 0 Å². The fourth-order valence-corrected chi connectivity index (χ4v) is 3.41. The molecule has 1 aliphatic rings. The molecule has 5 nitrogen and oxygen atoms in total. The highest BCUT2D eigenvalue weighted by atomic mass is 16.4. The molecule has 2 unspecified atom stereocenters. The SMILES string of the molecule is Cn1cccc1C1C(C(=O)O)CCCN1c1cccn1C. The predicted octanol–water partition coefficient (Wildman–Crippen LogP) is 2.41. The lowest BCUT2D eigenvalue weighted by Gasteiger charge is -2.41. The Kier molecular flexibility index (Phi) is 3.49. The Morgan fingerprint density at radius 2 is 1.90 bits per heavy atom. The van der Waals surface area contributed by atoms with Gasteiger partial charge >= 0.3 is 5.97 Å². The van der Waals surface area contributed by atoms with E-state index in [0.29, 0.717) is 0 Å². The van der Waals surface area contributed by atoms with E-state index in [2.05, 4.69) is 15.5 Å². The summed E-state index contributed by atoms with van der Waals surface area (Å²) in [5, 5.41) is 9.64. The van der Waals surface area contributed by atoms with Gasteiger partial charge in [-0.1, -0.05) is 0 Å². The molecular formula is C16H21N3O2. The molecule has 1 aliphatic heterocycles. The Morgan fingerprint density at radius 1 is 1.19 bits per heavy atom. The molecule has 1 N–H and O–H groups in total. The van der Waals surface area contributed by atoms with Crippen molar-refractivity contribution in [2.45, 2.75) is 18.9 Å². The van der Waals surface area contributed by atoms with Gasteiger partial charge in [-0.15, -0.1) is 0 Å². The quantitative estimate of drug-likeness (QED) is 0.943. The van der Waals surface area contributed by atoms with E-state index in [1.807, 2.05) is 49.3 Å². The summed E-state index contributed by atoms with van der Waals surface area (Å²) in [5.41, 5.74) is 1.06. The third-order valence-electron chi connectivity index (χ3n) is 4.45. The first-order valence-corrected chi connectivity index (χ1v) is 7.31. The molecule has 1 saturated heterocycles. The molecule has 0 spiro atoms. The summed E-state index contributed by atoms with van der Waals surface area (Å²) in [5.74, 6) is -0.00508. The zero-order valence-electron chi connectivity index (χ0n) is 12.4. The van der Waals surface area contributed by atoms with Crippen LogP contribution in [-0.2, 0) is 18.9 Å². The van der Waals surface area contributed by atoms with E-state index in [1.54, 1.807) is 0 Å². The molecule has 2 aromatic heterocycles. The van der Waals surface area contributed by atoms with Crippen LogP contribution in [0, 0.1) is 5.92 Å². The number of carbonyl (C=O) groups is 1. The van der Waals surface area contributed by atoms with Crippen LogP contribution in [-0.4, -0.2) is 26.8 Å². The molecule has 2 aromatic rings. The number of piperidine rings is 1. The second kappa shape index (κ2) is 5.31. The third kappa shape index (κ3) is 2.33. The Balaban J connectivity index is 2.07. The average Bonchev–Trinajstić information content (AvgIpc) is 3.06. The Bertz CT molecular complexity index is 643. The van der Waals surface area contributed by atoms with Crippen molar-refractivity contribution in [2.75, 3.05) is 11.4 Å². The van der Waals surface area contributed by atoms with Crippen LogP contribution in [0.3, 0.4) is 0 Å². The molecule has 112 valence electrons. The molecule has 5 heteroatoms. The first-order chi connectivity index (χ1) is 10.1. The minimum absolute atomic E-state index is 0.121. The zero-order chi connectivity index (χ0) is 15.0. The molecule has 21 heavy (non-hydrogen) atoms. The first kappa shape index (κ1) is 13.8. The van der Waals surface area contributed by atoms with E-state index in [9.17, 15) is 9.90 Å². The van der Waals surface area contributed by atoms with E-state index in [4.69, 9.17) is 0 Å². The van der Waals surface area contributed by atoms with E-state index in [-0.39, 0.29) is 12.0 Å². The fourth-order valence-electron chi connectivity index (χ4n) is 3.41. The highest BCUT2D eigenvalue weighted by Gasteiger charge is 2.39. The number of aliphatic carboxylic acids is 1. The van der Waals surface area contributed by atoms with Crippen molar-refractivity contribution in [1.29, 1.82) is 0 Å². The number of hydrogen-bond acceptors (Lipinski definition) is 2. The van der Waals surface area contributed by atoms with Crippen molar-refractivity contribution in [1.82, 2.24) is 9.13 Å². The van der Waals surface area contributed by atoms with E-state index >= 15 is 0 Å². The largest absolute Gasteiger partial charge is 0.481 e. The maximum Gasteiger partial charge on any atom is 0.309 e. The molecule has 0 aliphatic carbocycles. The maximum absolute atomic E-state index is 11.7. The minimum Gasteiger partial charge on any atom is -0.481 e. The van der Waals surface area contributed by atoms with Gasteiger partial charge in [0.05, 0.1) is 12.0 Å². The summed E-state index contributed by atoms with van der Waals surface area (Å²) in [4.78, 5) is 14.0. The molecule has 3 rings (SSSR count). The molecule has 3 heterocycles. The topological polar surface area (TPSA) is 50.4 Å². The summed E-state index contributed by atoms with van der Waals surface area (Å²) < 4.78 is 4.09. The van der Waals surface area contributed by atoms with Gasteiger partial charge in [0.1, 0.15) is 5.82 Å². The van der Waals surface area contributed by atoms with Crippen LogP contribution in [0.2, 0.25) is 0 Å². The molecule has 0 radical (unpaired) electrons. The first-order valence-electron chi connectivity index (χ1n) is 7.31. The van der Waals surface area contributed by atoms with Crippen molar-refractivity contribution in [2.24, 2.45) is 20.0 Å². The number of anilines is 1. The van der Waals surface area contributed by atoms with Crippen molar-refractivity contribution in [3.63, 3.8) is 0 Å². The van der Waals surface area contributed by atoms with Crippen LogP contribution in [0.5, 0.6) is 0 Å². The summed E-state index contributed by atoms with van der Waals surface area (Å²) in [7, 11) is 3.98. The lowest BCUT2D eigenvalue weighted by molar-refractivity contribution is -0.143. The van der Waals surface area contributed by atoms with Crippen molar-refractivity contribution in [3.8, 4) is 0 Å². The fraction of sp³-hybridized carbons (Fsp3) is 0.438. The van der Waals surface area contributed by atoms with E-state index < -0.39 is 5.97 Å². The number of aryl methyl sites for hydroxylation is 2. The lowest BCUT2D eigenvalue weighted by atomic mass is 9.87. The smallest absolute Gasteiger partial charge is 0.309 e. The monoisotopic (exact) mass is 287 g/mol. The van der Waals surface area contributed by atoms with E-state index in [0.717, 1.165) is 30.9 Å². The lowest BCUT2D eigenvalue weighted by Crippen LogP contribution is -2.43. The molecule has 0 amide bonds. The molecule has 0 aromatic carbocycles. The minimum atomic E-state index is -0.708. The van der Waals surface area contributed by atoms with Crippen molar-refractivity contribution in [3.05, 3.63) is 42.4 Å². The van der Waals surface area contributed by atoms with Gasteiger partial charge in [-0.3, -0.25) is 4.79 Å². The molecule has 0 saturated carbocycles. The van der Waals surface area contributed by atoms with Crippen LogP contribution in [0.25, 0.3) is 0 Å². The third-order valence-corrected chi connectivity index (χ3v) is 4.45. The number of carboxylic acids is 1. The summed E-state index contributed by atoms with van der Waals surface area (Å²) >= 11 is 0. The molecular weight excluding hydrogens is 266 g/mol. The zero-order valence-corrected chi connectivity index (χ0v) is 12.4. The normalized spacial score (nSPS) is 22.5. The molecule has 2 atom stereocenters. The number of nitrogens with zero attached hydrogens (tertiary/aromatic N) is 3. The second-order valence-electron chi connectivity index (χ2n) is 5.75. The highest BCUT2D eigenvalue weighted by Crippen LogP contribution is 2.39. The number of carboxylic acid groups (broad SMARTS) is 1. The van der Waals surface area contributed by atoms with Gasteiger partial charge in [-0.05, 0) is 37.1 Å². The van der Waals surface area contributed by atoms with Crippen LogP contribution >= 0.6 is 0 Å². The van der Waals surface area contributed by atoms with Gasteiger partial charge in [0, 0.05) is 38.7 Å². The van der Waals surface area contributed by atoms with Crippen LogP contribution in [0.1, 0.15) is 24.6 Å². The molecule has 0 bridgehead atoms. The van der Waals surface area contributed by atoms with Crippen LogP contribution in [0.4, 0.5) is 5.82 Å². The number of hydrogen-bond donors (Lipinski definition) is 1. The van der Waals surface area contributed by atoms with Gasteiger partial charge in [-0.25, -0.2) is 0 Å². The average molecular weight is 287 g/mol. The summed E-state index contributed by atoms with van der Waals surface area (Å²) in [6, 6.07) is 7.94. The standard InChI is InChI=1S/C16H21N3O2/c1-17-9-4-7-13(17)15-12(16(20)21)6-3-11-19(15)14-8-5-10-18(14)2/h4-5,7-10,12,15H,3,6,11H2,1-2H3,(H,20,21). The number of rotatable bonds is 3. The second-order valence-corrected chi connectivity index (χ2v) is 5.75. The summed E-state index contributed by atoms with van der Waals surface area (Å²) in [6.45, 7) is 0.886. The highest BCUT2D eigenvalue weighted by molar-refractivity contribution is 5.72. The Hall–Kier alpha value is -2.17. The van der Waals surface area contributed by atoms with Crippen LogP contribution < -0.4 is 4.90 Å². The van der Waals surface area contributed by atoms with Gasteiger partial charge in [-0.2, -0.15) is 0 Å². The Labute approximate surface area is 124 Å². The van der Waals surface area contributed by atoms with Gasteiger partial charge in [0.25, 0.3) is 0 Å². The van der Waals surface area contributed by atoms with Crippen molar-refractivity contribution >= 4 is 11.8 Å². The maximum atomic E-state index is 11.7. The Morgan fingerprint density at radius 3 is 2.48 bits per heavy atom. The number of aromatic nitrogens is 2. The van der Waals surface area contributed by atoms with Crippen LogP contribution in [0.15, 0.2) is 36.7 Å². The summed E-state index contributed by atoms with van der Waals surface area (Å²) in [6.07, 6.45) is 5.61. The van der Waals surface area contributed by atoms with Gasteiger partial charge < -0.3 is 19.1 Å². The predicted molar refractivity (Wildman–Crippen MR) is 81.3 cm³/mol.